The molecule has 1 aliphatic rings. The van der Waals surface area contributed by atoms with Crippen molar-refractivity contribution < 1.29 is 14.3 Å². The number of ether oxygens (including phenoxy) is 2. The summed E-state index contributed by atoms with van der Waals surface area (Å²) in [5, 5.41) is 4.77. The van der Waals surface area contributed by atoms with E-state index in [4.69, 9.17) is 9.47 Å². The van der Waals surface area contributed by atoms with Crippen LogP contribution < -0.4 is 9.47 Å². The highest BCUT2D eigenvalue weighted by Crippen LogP contribution is 2.40. The fourth-order valence-electron chi connectivity index (χ4n) is 3.47. The number of thiazole rings is 1. The number of thiophene rings is 1. The molecule has 1 aliphatic heterocycles. The van der Waals surface area contributed by atoms with Gasteiger partial charge in [0, 0.05) is 17.5 Å². The van der Waals surface area contributed by atoms with Crippen molar-refractivity contribution in [3.8, 4) is 21.4 Å². The quantitative estimate of drug-likeness (QED) is 0.613. The molecule has 1 aromatic carbocycles. The molecule has 27 heavy (non-hydrogen) atoms. The lowest BCUT2D eigenvalue weighted by Crippen LogP contribution is -2.31. The van der Waals surface area contributed by atoms with Gasteiger partial charge in [-0.1, -0.05) is 6.07 Å². The van der Waals surface area contributed by atoms with E-state index in [-0.39, 0.29) is 11.9 Å². The van der Waals surface area contributed by atoms with Gasteiger partial charge in [-0.25, -0.2) is 4.98 Å². The van der Waals surface area contributed by atoms with Crippen molar-refractivity contribution in [2.24, 2.45) is 0 Å². The van der Waals surface area contributed by atoms with E-state index in [1.54, 1.807) is 25.6 Å². The lowest BCUT2D eigenvalue weighted by molar-refractivity contribution is 0.0729. The van der Waals surface area contributed by atoms with Gasteiger partial charge in [0.1, 0.15) is 22.2 Å². The number of carbonyl (C=O) groups is 1. The molecule has 0 saturated carbocycles. The molecule has 1 fully saturated rings. The van der Waals surface area contributed by atoms with Gasteiger partial charge in [0.2, 0.25) is 0 Å². The molecule has 0 radical (unpaired) electrons. The van der Waals surface area contributed by atoms with Gasteiger partial charge in [0.15, 0.2) is 0 Å². The van der Waals surface area contributed by atoms with E-state index < -0.39 is 0 Å². The van der Waals surface area contributed by atoms with Crippen LogP contribution in [0, 0.1) is 0 Å². The number of aromatic nitrogens is 1. The SMILES string of the molecule is COc1ccc(OC)c([C@@H]2CCCN2C(=O)c2csc(-c3cccs3)n2)c1. The van der Waals surface area contributed by atoms with Crippen LogP contribution in [0.3, 0.4) is 0 Å². The number of hydrogen-bond donors (Lipinski definition) is 0. The van der Waals surface area contributed by atoms with Crippen LogP contribution in [0.15, 0.2) is 41.1 Å². The normalized spacial score (nSPS) is 16.5. The summed E-state index contributed by atoms with van der Waals surface area (Å²) in [6.07, 6.45) is 1.86. The zero-order chi connectivity index (χ0) is 18.8. The van der Waals surface area contributed by atoms with Crippen molar-refractivity contribution in [1.29, 1.82) is 0 Å². The maximum atomic E-state index is 13.2. The first-order valence-corrected chi connectivity index (χ1v) is 10.5. The molecular weight excluding hydrogens is 380 g/mol. The number of likely N-dealkylation sites (tertiary alicyclic amines) is 1. The van der Waals surface area contributed by atoms with Gasteiger partial charge in [-0.3, -0.25) is 4.79 Å². The van der Waals surface area contributed by atoms with Crippen LogP contribution in [0.2, 0.25) is 0 Å². The molecule has 1 amide bonds. The summed E-state index contributed by atoms with van der Waals surface area (Å²) >= 11 is 3.14. The van der Waals surface area contributed by atoms with Gasteiger partial charge in [-0.2, -0.15) is 0 Å². The Morgan fingerprint density at radius 1 is 1.22 bits per heavy atom. The Balaban J connectivity index is 1.63. The van der Waals surface area contributed by atoms with Crippen molar-refractivity contribution in [3.05, 3.63) is 52.3 Å². The molecule has 7 heteroatoms. The second-order valence-electron chi connectivity index (χ2n) is 6.28. The maximum Gasteiger partial charge on any atom is 0.273 e. The van der Waals surface area contributed by atoms with E-state index in [1.807, 2.05) is 46.0 Å². The molecule has 1 atom stereocenters. The van der Waals surface area contributed by atoms with Crippen molar-refractivity contribution in [2.45, 2.75) is 18.9 Å². The zero-order valence-electron chi connectivity index (χ0n) is 15.2. The smallest absolute Gasteiger partial charge is 0.273 e. The standard InChI is InChI=1S/C20H20N2O3S2/c1-24-13-7-8-17(25-2)14(11-13)16-5-3-9-22(16)20(23)15-12-27-19(21-15)18-6-4-10-26-18/h4,6-8,10-12,16H,3,5,9H2,1-2H3/t16-/m0/s1. The van der Waals surface area contributed by atoms with Gasteiger partial charge in [-0.05, 0) is 42.5 Å². The molecule has 2 aromatic heterocycles. The minimum Gasteiger partial charge on any atom is -0.497 e. The second-order valence-corrected chi connectivity index (χ2v) is 8.09. The number of rotatable bonds is 5. The molecule has 1 saturated heterocycles. The third-order valence-electron chi connectivity index (χ3n) is 4.76. The second kappa shape index (κ2) is 7.70. The highest BCUT2D eigenvalue weighted by atomic mass is 32.1. The van der Waals surface area contributed by atoms with E-state index >= 15 is 0 Å². The number of methoxy groups -OCH3 is 2. The Bertz CT molecular complexity index is 937. The van der Waals surface area contributed by atoms with Crippen LogP contribution in [0.1, 0.15) is 34.9 Å². The Hall–Kier alpha value is -2.38. The predicted octanol–water partition coefficient (Wildman–Crippen LogP) is 4.87. The number of hydrogen-bond acceptors (Lipinski definition) is 6. The van der Waals surface area contributed by atoms with Crippen LogP contribution in [-0.2, 0) is 0 Å². The molecule has 5 nitrogen and oxygen atoms in total. The highest BCUT2D eigenvalue weighted by Gasteiger charge is 2.33. The Kier molecular flexibility index (Phi) is 5.13. The fraction of sp³-hybridized carbons (Fsp3) is 0.300. The Morgan fingerprint density at radius 2 is 2.11 bits per heavy atom. The summed E-state index contributed by atoms with van der Waals surface area (Å²) < 4.78 is 10.9. The zero-order valence-corrected chi connectivity index (χ0v) is 16.8. The topological polar surface area (TPSA) is 51.7 Å². The largest absolute Gasteiger partial charge is 0.497 e. The summed E-state index contributed by atoms with van der Waals surface area (Å²) in [5.41, 5.74) is 1.49. The van der Waals surface area contributed by atoms with E-state index in [0.29, 0.717) is 5.69 Å². The Labute approximate surface area is 166 Å². The van der Waals surface area contributed by atoms with Gasteiger partial charge >= 0.3 is 0 Å². The number of carbonyl (C=O) groups excluding carboxylic acids is 1. The summed E-state index contributed by atoms with van der Waals surface area (Å²) in [4.78, 5) is 20.7. The van der Waals surface area contributed by atoms with E-state index in [1.165, 1.54) is 11.3 Å². The first kappa shape index (κ1) is 18.0. The van der Waals surface area contributed by atoms with Crippen LogP contribution >= 0.6 is 22.7 Å². The van der Waals surface area contributed by atoms with Gasteiger partial charge < -0.3 is 14.4 Å². The average Bonchev–Trinajstić information content (AvgIpc) is 3.47. The van der Waals surface area contributed by atoms with Crippen molar-refractivity contribution in [2.75, 3.05) is 20.8 Å². The minimum absolute atomic E-state index is 0.0265. The van der Waals surface area contributed by atoms with Gasteiger partial charge in [-0.15, -0.1) is 22.7 Å². The number of nitrogens with zero attached hydrogens (tertiary/aromatic N) is 2. The third kappa shape index (κ3) is 3.44. The first-order valence-electron chi connectivity index (χ1n) is 8.73. The van der Waals surface area contributed by atoms with Crippen LogP contribution in [0.25, 0.3) is 9.88 Å². The first-order chi connectivity index (χ1) is 13.2. The fourth-order valence-corrected chi connectivity index (χ4v) is 5.07. The van der Waals surface area contributed by atoms with E-state index in [9.17, 15) is 4.79 Å². The van der Waals surface area contributed by atoms with Crippen LogP contribution in [0.5, 0.6) is 11.5 Å². The summed E-state index contributed by atoms with van der Waals surface area (Å²) in [7, 11) is 3.30. The molecule has 0 spiro atoms. The summed E-state index contributed by atoms with van der Waals surface area (Å²) in [6.45, 7) is 0.718. The molecule has 0 unspecified atom stereocenters. The minimum atomic E-state index is -0.0329. The number of benzene rings is 1. The molecule has 3 aromatic rings. The Morgan fingerprint density at radius 3 is 2.85 bits per heavy atom. The molecule has 140 valence electrons. The van der Waals surface area contributed by atoms with Crippen LogP contribution in [-0.4, -0.2) is 36.6 Å². The monoisotopic (exact) mass is 400 g/mol. The van der Waals surface area contributed by atoms with E-state index in [2.05, 4.69) is 4.98 Å². The van der Waals surface area contributed by atoms with Crippen molar-refractivity contribution in [3.63, 3.8) is 0 Å². The maximum absolute atomic E-state index is 13.2. The van der Waals surface area contributed by atoms with Gasteiger partial charge in [0.05, 0.1) is 25.1 Å². The predicted molar refractivity (Wildman–Crippen MR) is 108 cm³/mol. The third-order valence-corrected chi connectivity index (χ3v) is 6.65. The van der Waals surface area contributed by atoms with Gasteiger partial charge in [0.25, 0.3) is 5.91 Å². The van der Waals surface area contributed by atoms with Crippen molar-refractivity contribution in [1.82, 2.24) is 9.88 Å². The molecular formula is C20H20N2O3S2. The van der Waals surface area contributed by atoms with Crippen LogP contribution in [0.4, 0.5) is 0 Å². The molecule has 0 aliphatic carbocycles. The summed E-state index contributed by atoms with van der Waals surface area (Å²) in [6, 6.07) is 9.72. The summed E-state index contributed by atoms with van der Waals surface area (Å²) in [5.74, 6) is 1.51. The molecule has 4 rings (SSSR count). The molecule has 0 bridgehead atoms. The lowest BCUT2D eigenvalue weighted by Gasteiger charge is -2.26. The highest BCUT2D eigenvalue weighted by molar-refractivity contribution is 7.20. The number of amides is 1. The van der Waals surface area contributed by atoms with E-state index in [0.717, 1.165) is 46.3 Å². The molecule has 0 N–H and O–H groups in total. The lowest BCUT2D eigenvalue weighted by atomic mass is 10.0. The van der Waals surface area contributed by atoms with Crippen molar-refractivity contribution >= 4 is 28.6 Å². The average molecular weight is 401 g/mol. The molecule has 3 heterocycles.